The summed E-state index contributed by atoms with van der Waals surface area (Å²) in [4.78, 5) is 0. The number of benzene rings is 3. The number of hydrogen-bond acceptors (Lipinski definition) is 6. The Morgan fingerprint density at radius 2 is 1.05 bits per heavy atom. The van der Waals surface area contributed by atoms with Crippen molar-refractivity contribution in [1.29, 1.82) is 10.5 Å². The number of nitrogens with zero attached hydrogens (tertiary/aromatic N) is 2. The second-order valence-corrected chi connectivity index (χ2v) is 12.4. The topological polar surface area (TPSA) is 84.5 Å². The van der Waals surface area contributed by atoms with Crippen LogP contribution in [-0.2, 0) is 16.2 Å². The van der Waals surface area contributed by atoms with Crippen molar-refractivity contribution < 1.29 is 18.9 Å². The fourth-order valence-electron chi connectivity index (χ4n) is 7.40. The maximum atomic E-state index is 10.0. The number of hydrogen-bond donors (Lipinski definition) is 0. The van der Waals surface area contributed by atoms with Crippen molar-refractivity contribution in [2.24, 2.45) is 0 Å². The first-order valence-electron chi connectivity index (χ1n) is 13.2. The fraction of sp³-hybridized carbons (Fsp3) is 0.394. The highest BCUT2D eigenvalue weighted by Crippen LogP contribution is 2.65. The summed E-state index contributed by atoms with van der Waals surface area (Å²) >= 11 is 0. The van der Waals surface area contributed by atoms with Crippen LogP contribution in [0.3, 0.4) is 0 Å². The number of aryl methyl sites for hydroxylation is 2. The van der Waals surface area contributed by atoms with Crippen LogP contribution >= 0.6 is 0 Å². The molecular formula is C33H32N2O4. The van der Waals surface area contributed by atoms with E-state index >= 15 is 0 Å². The van der Waals surface area contributed by atoms with Gasteiger partial charge in [-0.2, -0.15) is 10.5 Å². The zero-order chi connectivity index (χ0) is 28.1. The molecule has 3 aliphatic rings. The van der Waals surface area contributed by atoms with Gasteiger partial charge in [-0.05, 0) is 83.0 Å². The van der Waals surface area contributed by atoms with Crippen LogP contribution in [0.5, 0.6) is 34.5 Å². The van der Waals surface area contributed by atoms with E-state index in [0.717, 1.165) is 12.8 Å². The predicted octanol–water partition coefficient (Wildman–Crippen LogP) is 7.61. The molecule has 0 aromatic heterocycles. The minimum atomic E-state index is -0.164. The van der Waals surface area contributed by atoms with Crippen molar-refractivity contribution in [3.05, 3.63) is 68.8 Å². The lowest BCUT2D eigenvalue weighted by atomic mass is 9.72. The van der Waals surface area contributed by atoms with E-state index in [1.165, 1.54) is 47.6 Å². The Morgan fingerprint density at radius 1 is 0.667 bits per heavy atom. The minimum Gasteiger partial charge on any atom is -0.491 e. The van der Waals surface area contributed by atoms with E-state index in [2.05, 4.69) is 77.9 Å². The molecule has 0 fully saturated rings. The Kier molecular flexibility index (Phi) is 5.11. The molecule has 39 heavy (non-hydrogen) atoms. The average Bonchev–Trinajstić information content (AvgIpc) is 3.24. The molecule has 1 atom stereocenters. The summed E-state index contributed by atoms with van der Waals surface area (Å²) in [5.41, 5.74) is 7.88. The number of fused-ring (bicyclic) bond motifs is 6. The van der Waals surface area contributed by atoms with Gasteiger partial charge in [0.1, 0.15) is 23.3 Å². The van der Waals surface area contributed by atoms with Gasteiger partial charge in [0, 0.05) is 5.41 Å². The Balaban J connectivity index is 1.59. The summed E-state index contributed by atoms with van der Waals surface area (Å²) in [6.07, 6.45) is 1.97. The molecule has 0 bridgehead atoms. The molecule has 3 aromatic rings. The zero-order valence-corrected chi connectivity index (χ0v) is 23.8. The van der Waals surface area contributed by atoms with Crippen LogP contribution in [0.15, 0.2) is 24.3 Å². The van der Waals surface area contributed by atoms with Gasteiger partial charge in [-0.15, -0.1) is 0 Å². The molecule has 1 heterocycles. The number of nitriles is 2. The van der Waals surface area contributed by atoms with E-state index in [9.17, 15) is 10.5 Å². The van der Waals surface area contributed by atoms with Crippen LogP contribution < -0.4 is 18.9 Å². The lowest BCUT2D eigenvalue weighted by Crippen LogP contribution is -2.27. The van der Waals surface area contributed by atoms with E-state index in [1.807, 2.05) is 0 Å². The third kappa shape index (κ3) is 3.18. The lowest BCUT2D eigenvalue weighted by molar-refractivity contribution is 0.327. The second-order valence-electron chi connectivity index (χ2n) is 12.4. The normalized spacial score (nSPS) is 20.5. The van der Waals surface area contributed by atoms with Gasteiger partial charge in [-0.1, -0.05) is 39.8 Å². The van der Waals surface area contributed by atoms with E-state index in [4.69, 9.17) is 18.9 Å². The van der Waals surface area contributed by atoms with Crippen molar-refractivity contribution in [2.45, 2.75) is 70.6 Å². The van der Waals surface area contributed by atoms with E-state index in [0.29, 0.717) is 11.5 Å². The Morgan fingerprint density at radius 3 is 1.49 bits per heavy atom. The highest BCUT2D eigenvalue weighted by atomic mass is 16.6. The molecule has 0 saturated heterocycles. The summed E-state index contributed by atoms with van der Waals surface area (Å²) in [7, 11) is 2.87. The molecule has 0 amide bonds. The molecule has 1 aliphatic heterocycles. The maximum Gasteiger partial charge on any atom is 0.193 e. The van der Waals surface area contributed by atoms with Crippen LogP contribution in [0.4, 0.5) is 0 Å². The van der Waals surface area contributed by atoms with Gasteiger partial charge >= 0.3 is 0 Å². The number of methoxy groups -OCH3 is 2. The fourth-order valence-corrected chi connectivity index (χ4v) is 7.40. The SMILES string of the molecule is COc1c(C#N)c2c(c(C#N)c1OC)Oc1cc3c(cc1O2)C(C)(C)CC31CC(C)(C)c2cc(C)c(C)cc21. The van der Waals surface area contributed by atoms with Gasteiger partial charge in [-0.25, -0.2) is 0 Å². The molecule has 6 rings (SSSR count). The minimum absolute atomic E-state index is 0.0188. The second kappa shape index (κ2) is 7.93. The molecule has 0 N–H and O–H groups in total. The van der Waals surface area contributed by atoms with Crippen molar-refractivity contribution in [2.75, 3.05) is 14.2 Å². The molecule has 2 aliphatic carbocycles. The summed E-state index contributed by atoms with van der Waals surface area (Å²) in [5.74, 6) is 1.70. The molecule has 6 nitrogen and oxygen atoms in total. The van der Waals surface area contributed by atoms with E-state index in [1.54, 1.807) is 0 Å². The van der Waals surface area contributed by atoms with Crippen LogP contribution in [0, 0.1) is 36.5 Å². The van der Waals surface area contributed by atoms with Gasteiger partial charge in [0.25, 0.3) is 0 Å². The quantitative estimate of drug-likeness (QED) is 0.270. The van der Waals surface area contributed by atoms with Crippen molar-refractivity contribution in [3.63, 3.8) is 0 Å². The first kappa shape index (κ1) is 25.1. The summed E-state index contributed by atoms with van der Waals surface area (Å²) < 4.78 is 23.7. The molecule has 3 aromatic carbocycles. The van der Waals surface area contributed by atoms with Crippen molar-refractivity contribution in [1.82, 2.24) is 0 Å². The average molecular weight is 521 g/mol. The largest absolute Gasteiger partial charge is 0.491 e. The van der Waals surface area contributed by atoms with Crippen molar-refractivity contribution in [3.8, 4) is 46.6 Å². The van der Waals surface area contributed by atoms with Crippen LogP contribution in [0.25, 0.3) is 0 Å². The van der Waals surface area contributed by atoms with Crippen LogP contribution in [0.1, 0.15) is 85.0 Å². The predicted molar refractivity (Wildman–Crippen MR) is 148 cm³/mol. The first-order valence-corrected chi connectivity index (χ1v) is 13.2. The number of rotatable bonds is 2. The third-order valence-electron chi connectivity index (χ3n) is 9.07. The molecular weight excluding hydrogens is 488 g/mol. The molecule has 0 saturated carbocycles. The Bertz CT molecular complexity index is 1690. The van der Waals surface area contributed by atoms with Crippen LogP contribution in [-0.4, -0.2) is 14.2 Å². The summed E-state index contributed by atoms with van der Waals surface area (Å²) in [6, 6.07) is 13.2. The van der Waals surface area contributed by atoms with Crippen molar-refractivity contribution >= 4 is 0 Å². The van der Waals surface area contributed by atoms with Gasteiger partial charge in [-0.3, -0.25) is 0 Å². The third-order valence-corrected chi connectivity index (χ3v) is 9.07. The Hall–Kier alpha value is -4.16. The monoisotopic (exact) mass is 520 g/mol. The first-order chi connectivity index (χ1) is 18.4. The molecule has 0 radical (unpaired) electrons. The van der Waals surface area contributed by atoms with Crippen LogP contribution in [0.2, 0.25) is 0 Å². The smallest absolute Gasteiger partial charge is 0.193 e. The van der Waals surface area contributed by atoms with Gasteiger partial charge in [0.15, 0.2) is 34.5 Å². The zero-order valence-electron chi connectivity index (χ0n) is 23.8. The standard InChI is InChI=1S/C33H32N2O4/c1-17-9-21-23(10-18(17)2)33(15-31(21,3)4)16-32(5,6)22-11-25-26(12-24(22)33)39-30-20(14-35)28(37-8)27(36-7)19(13-34)29(30)38-25/h9-12H,15-16H2,1-8H3. The highest BCUT2D eigenvalue weighted by Gasteiger charge is 2.57. The molecule has 6 heteroatoms. The molecule has 198 valence electrons. The van der Waals surface area contributed by atoms with E-state index < -0.39 is 0 Å². The molecule has 1 spiro atoms. The van der Waals surface area contributed by atoms with Gasteiger partial charge in [0.05, 0.1) is 14.2 Å². The summed E-state index contributed by atoms with van der Waals surface area (Å²) in [6.45, 7) is 13.6. The van der Waals surface area contributed by atoms with Gasteiger partial charge < -0.3 is 18.9 Å². The maximum absolute atomic E-state index is 10.0. The highest BCUT2D eigenvalue weighted by molar-refractivity contribution is 5.77. The summed E-state index contributed by atoms with van der Waals surface area (Å²) in [5, 5.41) is 20.0. The lowest BCUT2D eigenvalue weighted by Gasteiger charge is -2.31. The number of ether oxygens (including phenoxy) is 4. The van der Waals surface area contributed by atoms with E-state index in [-0.39, 0.29) is 50.4 Å². The Labute approximate surface area is 229 Å². The molecule has 1 unspecified atom stereocenters. The van der Waals surface area contributed by atoms with Gasteiger partial charge in [0.2, 0.25) is 0 Å².